The van der Waals surface area contributed by atoms with Gasteiger partial charge in [-0.15, -0.1) is 0 Å². The number of amides is 2. The molecule has 2 aromatic rings. The standard InChI is InChI=1S/C18H19N3O5/c1-11-4-9-17(16(10-11)21(24)25)26-12(2)18(23)20-15-7-5-14(6-8-15)19-13(3)22/h4-10,12H,1-3H3,(H,19,22)(H,20,23)/t12-/m1/s1. The van der Waals surface area contributed by atoms with Crippen LogP contribution < -0.4 is 15.4 Å². The van der Waals surface area contributed by atoms with Gasteiger partial charge in [0.2, 0.25) is 5.91 Å². The predicted molar refractivity (Wildman–Crippen MR) is 97.3 cm³/mol. The SMILES string of the molecule is CC(=O)Nc1ccc(NC(=O)[C@@H](C)Oc2ccc(C)cc2[N+](=O)[O-])cc1. The zero-order valence-corrected chi connectivity index (χ0v) is 14.6. The minimum Gasteiger partial charge on any atom is -0.474 e. The monoisotopic (exact) mass is 357 g/mol. The fraction of sp³-hybridized carbons (Fsp3) is 0.222. The van der Waals surface area contributed by atoms with E-state index in [1.165, 1.54) is 26.0 Å². The molecule has 0 fully saturated rings. The number of nitrogens with one attached hydrogen (secondary N) is 2. The van der Waals surface area contributed by atoms with Gasteiger partial charge in [-0.2, -0.15) is 0 Å². The van der Waals surface area contributed by atoms with Crippen LogP contribution in [0.15, 0.2) is 42.5 Å². The van der Waals surface area contributed by atoms with Crippen LogP contribution in [-0.2, 0) is 9.59 Å². The molecule has 0 bridgehead atoms. The lowest BCUT2D eigenvalue weighted by Crippen LogP contribution is -2.30. The van der Waals surface area contributed by atoms with Crippen LogP contribution in [0.5, 0.6) is 5.75 Å². The highest BCUT2D eigenvalue weighted by molar-refractivity contribution is 5.94. The zero-order chi connectivity index (χ0) is 19.3. The lowest BCUT2D eigenvalue weighted by molar-refractivity contribution is -0.386. The first-order valence-corrected chi connectivity index (χ1v) is 7.86. The number of rotatable bonds is 6. The summed E-state index contributed by atoms with van der Waals surface area (Å²) < 4.78 is 5.46. The Labute approximate surface area is 150 Å². The number of ether oxygens (including phenoxy) is 1. The van der Waals surface area contributed by atoms with Gasteiger partial charge in [-0.3, -0.25) is 19.7 Å². The molecule has 0 saturated carbocycles. The summed E-state index contributed by atoms with van der Waals surface area (Å²) in [5.41, 5.74) is 1.65. The van der Waals surface area contributed by atoms with Gasteiger partial charge in [0.15, 0.2) is 11.9 Å². The molecule has 0 aliphatic rings. The molecule has 26 heavy (non-hydrogen) atoms. The molecule has 0 aromatic heterocycles. The van der Waals surface area contributed by atoms with E-state index in [-0.39, 0.29) is 17.3 Å². The molecule has 136 valence electrons. The Morgan fingerprint density at radius 2 is 1.65 bits per heavy atom. The second kappa shape index (κ2) is 8.11. The number of aryl methyl sites for hydroxylation is 1. The van der Waals surface area contributed by atoms with E-state index in [4.69, 9.17) is 4.74 Å². The largest absolute Gasteiger partial charge is 0.474 e. The third-order valence-corrected chi connectivity index (χ3v) is 3.46. The molecule has 8 nitrogen and oxygen atoms in total. The maximum atomic E-state index is 12.3. The minimum atomic E-state index is -0.938. The topological polar surface area (TPSA) is 111 Å². The number of hydrogen-bond acceptors (Lipinski definition) is 5. The van der Waals surface area contributed by atoms with Crippen molar-refractivity contribution in [1.29, 1.82) is 0 Å². The van der Waals surface area contributed by atoms with Gasteiger partial charge in [-0.25, -0.2) is 0 Å². The summed E-state index contributed by atoms with van der Waals surface area (Å²) >= 11 is 0. The Morgan fingerprint density at radius 3 is 2.19 bits per heavy atom. The Kier molecular flexibility index (Phi) is 5.90. The first-order valence-electron chi connectivity index (χ1n) is 7.86. The van der Waals surface area contributed by atoms with Crippen LogP contribution >= 0.6 is 0 Å². The molecular formula is C18H19N3O5. The lowest BCUT2D eigenvalue weighted by Gasteiger charge is -2.15. The Hall–Kier alpha value is -3.42. The summed E-state index contributed by atoms with van der Waals surface area (Å²) in [5.74, 6) is -0.611. The van der Waals surface area contributed by atoms with Gasteiger partial charge >= 0.3 is 5.69 Å². The van der Waals surface area contributed by atoms with Gasteiger partial charge in [0.05, 0.1) is 4.92 Å². The molecular weight excluding hydrogens is 338 g/mol. The number of anilines is 2. The minimum absolute atomic E-state index is 0.0317. The average molecular weight is 357 g/mol. The number of carbonyl (C=O) groups excluding carboxylic acids is 2. The second-order valence-corrected chi connectivity index (χ2v) is 5.74. The molecule has 0 heterocycles. The summed E-state index contributed by atoms with van der Waals surface area (Å²) in [6.45, 7) is 4.64. The molecule has 0 aliphatic heterocycles. The van der Waals surface area contributed by atoms with Gasteiger partial charge in [-0.1, -0.05) is 6.07 Å². The van der Waals surface area contributed by atoms with E-state index in [1.807, 2.05) is 0 Å². The van der Waals surface area contributed by atoms with Crippen molar-refractivity contribution in [2.75, 3.05) is 10.6 Å². The van der Waals surface area contributed by atoms with E-state index in [0.717, 1.165) is 5.56 Å². The van der Waals surface area contributed by atoms with Crippen molar-refractivity contribution in [3.63, 3.8) is 0 Å². The maximum absolute atomic E-state index is 12.3. The van der Waals surface area contributed by atoms with Crippen LogP contribution in [0, 0.1) is 17.0 Å². The quantitative estimate of drug-likeness (QED) is 0.609. The summed E-state index contributed by atoms with van der Waals surface area (Å²) in [6, 6.07) is 11.1. The van der Waals surface area contributed by atoms with Crippen molar-refractivity contribution in [2.24, 2.45) is 0 Å². The molecule has 2 N–H and O–H groups in total. The maximum Gasteiger partial charge on any atom is 0.311 e. The van der Waals surface area contributed by atoms with Gasteiger partial charge < -0.3 is 15.4 Å². The molecule has 0 spiro atoms. The molecule has 2 amide bonds. The summed E-state index contributed by atoms with van der Waals surface area (Å²) in [7, 11) is 0. The van der Waals surface area contributed by atoms with E-state index >= 15 is 0 Å². The Balaban J connectivity index is 2.04. The molecule has 8 heteroatoms. The fourth-order valence-electron chi connectivity index (χ4n) is 2.20. The molecule has 0 radical (unpaired) electrons. The van der Waals surface area contributed by atoms with E-state index < -0.39 is 16.9 Å². The number of nitro benzene ring substituents is 1. The normalized spacial score (nSPS) is 11.3. The lowest BCUT2D eigenvalue weighted by atomic mass is 10.2. The fourth-order valence-corrected chi connectivity index (χ4v) is 2.20. The molecule has 1 atom stereocenters. The van der Waals surface area contributed by atoms with Crippen LogP contribution in [0.25, 0.3) is 0 Å². The van der Waals surface area contributed by atoms with Crippen LogP contribution in [-0.4, -0.2) is 22.8 Å². The highest BCUT2D eigenvalue weighted by Gasteiger charge is 2.21. The van der Waals surface area contributed by atoms with E-state index in [0.29, 0.717) is 11.4 Å². The highest BCUT2D eigenvalue weighted by Crippen LogP contribution is 2.28. The van der Waals surface area contributed by atoms with Crippen LogP contribution in [0.2, 0.25) is 0 Å². The number of benzene rings is 2. The smallest absolute Gasteiger partial charge is 0.311 e. The third kappa shape index (κ3) is 5.04. The van der Waals surface area contributed by atoms with E-state index in [1.54, 1.807) is 37.3 Å². The Bertz CT molecular complexity index is 833. The second-order valence-electron chi connectivity index (χ2n) is 5.74. The van der Waals surface area contributed by atoms with Crippen LogP contribution in [0.4, 0.5) is 17.1 Å². The number of nitro groups is 1. The molecule has 0 saturated heterocycles. The molecule has 0 unspecified atom stereocenters. The highest BCUT2D eigenvalue weighted by atomic mass is 16.6. The number of hydrogen-bond donors (Lipinski definition) is 2. The van der Waals surface area contributed by atoms with Crippen molar-refractivity contribution in [2.45, 2.75) is 26.9 Å². The zero-order valence-electron chi connectivity index (χ0n) is 14.6. The van der Waals surface area contributed by atoms with E-state index in [2.05, 4.69) is 10.6 Å². The molecule has 0 aliphatic carbocycles. The van der Waals surface area contributed by atoms with Crippen molar-refractivity contribution < 1.29 is 19.2 Å². The summed E-state index contributed by atoms with van der Waals surface area (Å²) in [6.07, 6.45) is -0.938. The number of nitrogens with zero attached hydrogens (tertiary/aromatic N) is 1. The molecule has 2 rings (SSSR count). The molecule has 2 aromatic carbocycles. The van der Waals surface area contributed by atoms with Gasteiger partial charge in [-0.05, 0) is 49.7 Å². The third-order valence-electron chi connectivity index (χ3n) is 3.46. The van der Waals surface area contributed by atoms with Crippen LogP contribution in [0.3, 0.4) is 0 Å². The van der Waals surface area contributed by atoms with Gasteiger partial charge in [0, 0.05) is 24.4 Å². The van der Waals surface area contributed by atoms with Gasteiger partial charge in [0.1, 0.15) is 0 Å². The van der Waals surface area contributed by atoms with Crippen molar-refractivity contribution >= 4 is 28.9 Å². The Morgan fingerprint density at radius 1 is 1.08 bits per heavy atom. The number of carbonyl (C=O) groups is 2. The van der Waals surface area contributed by atoms with Crippen molar-refractivity contribution in [3.8, 4) is 5.75 Å². The summed E-state index contributed by atoms with van der Waals surface area (Å²) in [5, 5.41) is 16.4. The van der Waals surface area contributed by atoms with Crippen molar-refractivity contribution in [1.82, 2.24) is 0 Å². The predicted octanol–water partition coefficient (Wildman–Crippen LogP) is 3.27. The van der Waals surface area contributed by atoms with Gasteiger partial charge in [0.25, 0.3) is 5.91 Å². The average Bonchev–Trinajstić information content (AvgIpc) is 2.57. The van der Waals surface area contributed by atoms with E-state index in [9.17, 15) is 19.7 Å². The van der Waals surface area contributed by atoms with Crippen molar-refractivity contribution in [3.05, 3.63) is 58.1 Å². The first-order chi connectivity index (χ1) is 12.3. The van der Waals surface area contributed by atoms with Crippen LogP contribution in [0.1, 0.15) is 19.4 Å². The first kappa shape index (κ1) is 18.9. The summed E-state index contributed by atoms with van der Waals surface area (Å²) in [4.78, 5) is 33.8.